The summed E-state index contributed by atoms with van der Waals surface area (Å²) in [5, 5.41) is 18.9. The van der Waals surface area contributed by atoms with E-state index >= 15 is 0 Å². The number of carbonyl (C=O) groups excluding carboxylic acids is 1. The highest BCUT2D eigenvalue weighted by molar-refractivity contribution is 6.58. The van der Waals surface area contributed by atoms with Crippen molar-refractivity contribution in [3.05, 3.63) is 60.2 Å². The van der Waals surface area contributed by atoms with Crippen LogP contribution >= 0.6 is 0 Å². The van der Waals surface area contributed by atoms with E-state index in [1.54, 1.807) is 12.1 Å². The Morgan fingerprint density at radius 2 is 1.64 bits per heavy atom. The number of hydrogen-bond donors (Lipinski definition) is 2. The molecule has 0 saturated carbocycles. The third-order valence-electron chi connectivity index (χ3n) is 7.23. The Balaban J connectivity index is 1.45. The molecule has 2 aromatic carbocycles. The van der Waals surface area contributed by atoms with Gasteiger partial charge in [0.15, 0.2) is 0 Å². The van der Waals surface area contributed by atoms with Gasteiger partial charge in [0.05, 0.1) is 5.92 Å². The maximum absolute atomic E-state index is 13.7. The molecule has 0 radical (unpaired) electrons. The van der Waals surface area contributed by atoms with E-state index in [1.165, 1.54) is 5.56 Å². The molecule has 0 unspecified atom stereocenters. The van der Waals surface area contributed by atoms with Gasteiger partial charge in [-0.1, -0.05) is 49.4 Å². The highest BCUT2D eigenvalue weighted by atomic mass is 16.4. The van der Waals surface area contributed by atoms with Crippen molar-refractivity contribution in [2.75, 3.05) is 44.2 Å². The van der Waals surface area contributed by atoms with Crippen LogP contribution in [0, 0.1) is 11.8 Å². The summed E-state index contributed by atoms with van der Waals surface area (Å²) in [5.74, 6) is 0.676. The van der Waals surface area contributed by atoms with Crippen LogP contribution in [-0.4, -0.2) is 72.1 Å². The van der Waals surface area contributed by atoms with E-state index < -0.39 is 7.12 Å². The molecule has 2 saturated heterocycles. The number of carbonyl (C=O) groups is 1. The van der Waals surface area contributed by atoms with Crippen molar-refractivity contribution < 1.29 is 14.8 Å². The molecule has 4 rings (SSSR count). The Kier molecular flexibility index (Phi) is 8.20. The molecule has 0 bridgehead atoms. The fourth-order valence-corrected chi connectivity index (χ4v) is 5.13. The first kappa shape index (κ1) is 24.0. The summed E-state index contributed by atoms with van der Waals surface area (Å²) in [4.78, 5) is 20.6. The molecule has 2 heterocycles. The van der Waals surface area contributed by atoms with Crippen LogP contribution in [0.15, 0.2) is 54.6 Å². The van der Waals surface area contributed by atoms with Gasteiger partial charge in [0.2, 0.25) is 5.91 Å². The van der Waals surface area contributed by atoms with Gasteiger partial charge in [-0.15, -0.1) is 0 Å². The summed E-state index contributed by atoms with van der Waals surface area (Å²) in [6.45, 7) is 8.79. The standard InChI is InChI=1S/C26H36BN3O3/c1-2-28-15-12-22(13-16-28)19-30(25-10-8-24(9-11-25)27(32)33)26(31)23-14-17-29(20-23)18-21-6-4-3-5-7-21/h3-11,22-23,32-33H,2,12-20H2,1H3/t23-/m1/s1. The Labute approximate surface area is 198 Å². The number of piperidine rings is 1. The molecule has 0 aromatic heterocycles. The first-order chi connectivity index (χ1) is 16.0. The molecule has 2 fully saturated rings. The average Bonchev–Trinajstić information content (AvgIpc) is 3.31. The SMILES string of the molecule is CCN1CCC(CN(C(=O)[C@@H]2CCN(Cc3ccccc3)C2)c2ccc(B(O)O)cc2)CC1. The van der Waals surface area contributed by atoms with Gasteiger partial charge in [0.25, 0.3) is 0 Å². The van der Waals surface area contributed by atoms with E-state index in [2.05, 4.69) is 41.0 Å². The van der Waals surface area contributed by atoms with E-state index in [0.29, 0.717) is 11.4 Å². The number of likely N-dealkylation sites (tertiary alicyclic amines) is 2. The van der Waals surface area contributed by atoms with Crippen molar-refractivity contribution in [1.82, 2.24) is 9.80 Å². The second kappa shape index (κ2) is 11.3. The van der Waals surface area contributed by atoms with Gasteiger partial charge in [-0.25, -0.2) is 0 Å². The Bertz CT molecular complexity index is 885. The monoisotopic (exact) mass is 449 g/mol. The first-order valence-corrected chi connectivity index (χ1v) is 12.3. The third-order valence-corrected chi connectivity index (χ3v) is 7.23. The molecule has 6 nitrogen and oxygen atoms in total. The van der Waals surface area contributed by atoms with Gasteiger partial charge in [-0.05, 0) is 74.5 Å². The lowest BCUT2D eigenvalue weighted by atomic mass is 9.80. The molecule has 176 valence electrons. The molecular weight excluding hydrogens is 413 g/mol. The predicted molar refractivity (Wildman–Crippen MR) is 133 cm³/mol. The normalized spacial score (nSPS) is 20.2. The van der Waals surface area contributed by atoms with Gasteiger partial charge in [0.1, 0.15) is 0 Å². The second-order valence-electron chi connectivity index (χ2n) is 9.50. The minimum atomic E-state index is -1.50. The molecule has 2 aliphatic heterocycles. The fraction of sp³-hybridized carbons (Fsp3) is 0.500. The highest BCUT2D eigenvalue weighted by Crippen LogP contribution is 2.27. The van der Waals surface area contributed by atoms with E-state index in [1.807, 2.05) is 23.1 Å². The van der Waals surface area contributed by atoms with E-state index in [9.17, 15) is 14.8 Å². The quantitative estimate of drug-likeness (QED) is 0.604. The Morgan fingerprint density at radius 1 is 0.970 bits per heavy atom. The number of amides is 1. The lowest BCUT2D eigenvalue weighted by Crippen LogP contribution is -2.43. The van der Waals surface area contributed by atoms with Gasteiger partial charge in [0, 0.05) is 25.3 Å². The number of anilines is 1. The predicted octanol–water partition coefficient (Wildman–Crippen LogP) is 1.95. The van der Waals surface area contributed by atoms with Crippen LogP contribution < -0.4 is 10.4 Å². The van der Waals surface area contributed by atoms with Crippen molar-refractivity contribution in [3.63, 3.8) is 0 Å². The van der Waals surface area contributed by atoms with Gasteiger partial charge in [-0.2, -0.15) is 0 Å². The zero-order valence-electron chi connectivity index (χ0n) is 19.6. The van der Waals surface area contributed by atoms with Gasteiger partial charge < -0.3 is 19.8 Å². The van der Waals surface area contributed by atoms with Crippen LogP contribution in [0.25, 0.3) is 0 Å². The maximum atomic E-state index is 13.7. The van der Waals surface area contributed by atoms with Crippen molar-refractivity contribution in [2.45, 2.75) is 32.7 Å². The van der Waals surface area contributed by atoms with Gasteiger partial charge >= 0.3 is 7.12 Å². The molecule has 2 aliphatic rings. The number of rotatable bonds is 8. The smallest absolute Gasteiger partial charge is 0.423 e. The zero-order chi connectivity index (χ0) is 23.2. The summed E-state index contributed by atoms with van der Waals surface area (Å²) >= 11 is 0. The van der Waals surface area contributed by atoms with Crippen LogP contribution in [0.4, 0.5) is 5.69 Å². The summed E-state index contributed by atoms with van der Waals surface area (Å²) in [6, 6.07) is 17.5. The third kappa shape index (κ3) is 6.24. The zero-order valence-corrected chi connectivity index (χ0v) is 19.6. The topological polar surface area (TPSA) is 67.2 Å². The highest BCUT2D eigenvalue weighted by Gasteiger charge is 2.33. The summed E-state index contributed by atoms with van der Waals surface area (Å²) in [6.07, 6.45) is 3.09. The first-order valence-electron chi connectivity index (χ1n) is 12.3. The molecule has 0 aliphatic carbocycles. The number of hydrogen-bond acceptors (Lipinski definition) is 5. The fourth-order valence-electron chi connectivity index (χ4n) is 5.13. The molecule has 1 atom stereocenters. The van der Waals surface area contributed by atoms with Crippen LogP contribution in [0.1, 0.15) is 31.7 Å². The largest absolute Gasteiger partial charge is 0.488 e. The van der Waals surface area contributed by atoms with Crippen molar-refractivity contribution >= 4 is 24.2 Å². The van der Waals surface area contributed by atoms with Crippen LogP contribution in [0.2, 0.25) is 0 Å². The molecule has 0 spiro atoms. The van der Waals surface area contributed by atoms with Crippen LogP contribution in [0.3, 0.4) is 0 Å². The molecule has 33 heavy (non-hydrogen) atoms. The van der Waals surface area contributed by atoms with Crippen molar-refractivity contribution in [1.29, 1.82) is 0 Å². The summed E-state index contributed by atoms with van der Waals surface area (Å²) < 4.78 is 0. The second-order valence-corrected chi connectivity index (χ2v) is 9.50. The van der Waals surface area contributed by atoms with Crippen molar-refractivity contribution in [3.8, 4) is 0 Å². The number of nitrogens with zero attached hydrogens (tertiary/aromatic N) is 3. The molecule has 2 N–H and O–H groups in total. The number of benzene rings is 2. The minimum absolute atomic E-state index is 0.00690. The van der Waals surface area contributed by atoms with E-state index in [0.717, 1.165) is 70.8 Å². The maximum Gasteiger partial charge on any atom is 0.488 e. The Hall–Kier alpha value is -2.19. The van der Waals surface area contributed by atoms with Crippen LogP contribution in [0.5, 0.6) is 0 Å². The molecule has 7 heteroatoms. The van der Waals surface area contributed by atoms with E-state index in [-0.39, 0.29) is 11.8 Å². The summed E-state index contributed by atoms with van der Waals surface area (Å²) in [5.41, 5.74) is 2.57. The van der Waals surface area contributed by atoms with E-state index in [4.69, 9.17) is 0 Å². The van der Waals surface area contributed by atoms with Crippen molar-refractivity contribution in [2.24, 2.45) is 11.8 Å². The average molecular weight is 449 g/mol. The van der Waals surface area contributed by atoms with Crippen LogP contribution in [-0.2, 0) is 11.3 Å². The lowest BCUT2D eigenvalue weighted by molar-refractivity contribution is -0.122. The Morgan fingerprint density at radius 3 is 2.27 bits per heavy atom. The molecular formula is C26H36BN3O3. The van der Waals surface area contributed by atoms with Gasteiger partial charge in [-0.3, -0.25) is 9.69 Å². The summed E-state index contributed by atoms with van der Waals surface area (Å²) in [7, 11) is -1.50. The molecule has 1 amide bonds. The molecule has 2 aromatic rings. The lowest BCUT2D eigenvalue weighted by Gasteiger charge is -2.35. The minimum Gasteiger partial charge on any atom is -0.423 e.